The zero-order valence-corrected chi connectivity index (χ0v) is 22.0. The highest BCUT2D eigenvalue weighted by molar-refractivity contribution is 5.82. The van der Waals surface area contributed by atoms with Gasteiger partial charge in [0.15, 0.2) is 0 Å². The summed E-state index contributed by atoms with van der Waals surface area (Å²) in [5.74, 6) is -1.91. The molecule has 0 spiro atoms. The van der Waals surface area contributed by atoms with Gasteiger partial charge in [0.1, 0.15) is 50.3 Å². The van der Waals surface area contributed by atoms with Crippen LogP contribution >= 0.6 is 0 Å². The van der Waals surface area contributed by atoms with Gasteiger partial charge in [0.25, 0.3) is 0 Å². The number of hydrogen-bond acceptors (Lipinski definition) is 13. The van der Waals surface area contributed by atoms with Crippen molar-refractivity contribution in [1.82, 2.24) is 0 Å². The first kappa shape index (κ1) is 35.4. The van der Waals surface area contributed by atoms with Gasteiger partial charge in [-0.25, -0.2) is 14.4 Å². The summed E-state index contributed by atoms with van der Waals surface area (Å²) in [5.41, 5.74) is 0. The summed E-state index contributed by atoms with van der Waals surface area (Å²) in [7, 11) is 0. The predicted molar refractivity (Wildman–Crippen MR) is 133 cm³/mol. The highest BCUT2D eigenvalue weighted by atomic mass is 16.6. The molecule has 4 N–H and O–H groups in total. The summed E-state index contributed by atoms with van der Waals surface area (Å²) < 4.78 is 31.1. The first-order chi connectivity index (χ1) is 18.2. The summed E-state index contributed by atoms with van der Waals surface area (Å²) in [5, 5.41) is 39.9. The lowest BCUT2D eigenvalue weighted by Gasteiger charge is -2.28. The van der Waals surface area contributed by atoms with Crippen LogP contribution in [-0.2, 0) is 42.8 Å². The van der Waals surface area contributed by atoms with Gasteiger partial charge < -0.3 is 48.8 Å². The largest absolute Gasteiger partial charge is 0.460 e. The van der Waals surface area contributed by atoms with Crippen LogP contribution in [0.3, 0.4) is 0 Å². The second-order valence-electron chi connectivity index (χ2n) is 7.82. The maximum absolute atomic E-state index is 11.4. The van der Waals surface area contributed by atoms with Crippen LogP contribution in [0.1, 0.15) is 20.8 Å². The summed E-state index contributed by atoms with van der Waals surface area (Å²) in [6, 6.07) is 0. The van der Waals surface area contributed by atoms with Crippen LogP contribution in [-0.4, -0.2) is 122 Å². The van der Waals surface area contributed by atoms with E-state index in [-0.39, 0.29) is 46.2 Å². The fourth-order valence-electron chi connectivity index (χ4n) is 2.56. The number of carbonyl (C=O) groups is 3. The second kappa shape index (κ2) is 22.3. The summed E-state index contributed by atoms with van der Waals surface area (Å²) in [6.45, 7) is 2.16. The normalized spacial score (nSPS) is 15.9. The van der Waals surface area contributed by atoms with Crippen molar-refractivity contribution in [2.45, 2.75) is 51.3 Å². The van der Waals surface area contributed by atoms with Gasteiger partial charge in [0, 0.05) is 18.2 Å². The zero-order valence-electron chi connectivity index (χ0n) is 22.0. The van der Waals surface area contributed by atoms with Gasteiger partial charge in [0.05, 0.1) is 33.0 Å². The Kier molecular flexibility index (Phi) is 20.8. The molecule has 0 bridgehead atoms. The minimum atomic E-state index is -1.21. The van der Waals surface area contributed by atoms with Crippen molar-refractivity contribution in [3.8, 4) is 0 Å². The Balaban J connectivity index is 4.94. The molecule has 0 amide bonds. The van der Waals surface area contributed by atoms with Crippen molar-refractivity contribution in [3.05, 3.63) is 36.5 Å². The molecule has 3 unspecified atom stereocenters. The Morgan fingerprint density at radius 3 is 1.32 bits per heavy atom. The molecule has 38 heavy (non-hydrogen) atoms. The highest BCUT2D eigenvalue weighted by Gasteiger charge is 2.26. The molecular formula is C25H40O13. The molecule has 218 valence electrons. The number of hydrogen-bond donors (Lipinski definition) is 4. The minimum Gasteiger partial charge on any atom is -0.460 e. The Morgan fingerprint density at radius 1 is 0.579 bits per heavy atom. The lowest BCUT2D eigenvalue weighted by atomic mass is 10.2. The predicted octanol–water partition coefficient (Wildman–Crippen LogP) is -0.794. The van der Waals surface area contributed by atoms with Gasteiger partial charge in [-0.3, -0.25) is 0 Å². The quantitative estimate of drug-likeness (QED) is 0.0794. The third-order valence-corrected chi connectivity index (χ3v) is 4.35. The van der Waals surface area contributed by atoms with E-state index in [9.17, 15) is 34.8 Å². The molecule has 0 heterocycles. The van der Waals surface area contributed by atoms with Crippen molar-refractivity contribution in [3.63, 3.8) is 0 Å². The number of allylic oxidation sites excluding steroid dienone is 3. The van der Waals surface area contributed by atoms with E-state index in [0.717, 1.165) is 0 Å². The fourth-order valence-corrected chi connectivity index (χ4v) is 2.56. The third-order valence-electron chi connectivity index (χ3n) is 4.35. The Bertz CT molecular complexity index is 750. The van der Waals surface area contributed by atoms with Gasteiger partial charge in [-0.2, -0.15) is 0 Å². The van der Waals surface area contributed by atoms with E-state index < -0.39 is 55.0 Å². The van der Waals surface area contributed by atoms with Crippen LogP contribution in [0.5, 0.6) is 0 Å². The SMILES string of the molecule is CC=CC(=O)OCC(O)COC[C@@H](OCC(O)COC(=O)C=CC)[C@H](CO)OCC(O)COC(=O)C=CC. The molecule has 0 radical (unpaired) electrons. The van der Waals surface area contributed by atoms with Crippen LogP contribution in [0, 0.1) is 0 Å². The maximum atomic E-state index is 11.4. The summed E-state index contributed by atoms with van der Waals surface area (Å²) in [4.78, 5) is 34.1. The van der Waals surface area contributed by atoms with Crippen molar-refractivity contribution >= 4 is 17.9 Å². The van der Waals surface area contributed by atoms with E-state index in [2.05, 4.69) is 0 Å². The molecule has 0 aliphatic rings. The van der Waals surface area contributed by atoms with Crippen molar-refractivity contribution in [2.24, 2.45) is 0 Å². The van der Waals surface area contributed by atoms with Crippen LogP contribution in [0.2, 0.25) is 0 Å². The van der Waals surface area contributed by atoms with Gasteiger partial charge in [-0.15, -0.1) is 0 Å². The third kappa shape index (κ3) is 18.6. The lowest BCUT2D eigenvalue weighted by molar-refractivity contribution is -0.160. The van der Waals surface area contributed by atoms with Crippen LogP contribution in [0.4, 0.5) is 0 Å². The first-order valence-corrected chi connectivity index (χ1v) is 12.0. The average Bonchev–Trinajstić information content (AvgIpc) is 2.88. The van der Waals surface area contributed by atoms with Crippen molar-refractivity contribution in [2.75, 3.05) is 52.9 Å². The number of aliphatic hydroxyl groups excluding tert-OH is 4. The van der Waals surface area contributed by atoms with Gasteiger partial charge in [-0.05, 0) is 20.8 Å². The Labute approximate surface area is 222 Å². The molecule has 5 atom stereocenters. The second-order valence-corrected chi connectivity index (χ2v) is 7.82. The Hall–Kier alpha value is -2.65. The summed E-state index contributed by atoms with van der Waals surface area (Å²) in [6.07, 6.45) is 2.38. The van der Waals surface area contributed by atoms with Crippen LogP contribution in [0.25, 0.3) is 0 Å². The molecule has 0 fully saturated rings. The van der Waals surface area contributed by atoms with E-state index in [1.165, 1.54) is 36.5 Å². The van der Waals surface area contributed by atoms with E-state index >= 15 is 0 Å². The molecule has 0 aliphatic carbocycles. The van der Waals surface area contributed by atoms with E-state index in [0.29, 0.717) is 0 Å². The van der Waals surface area contributed by atoms with Gasteiger partial charge in [0.2, 0.25) is 0 Å². The molecule has 0 aromatic carbocycles. The van der Waals surface area contributed by atoms with Crippen molar-refractivity contribution < 1.29 is 63.2 Å². The Morgan fingerprint density at radius 2 is 0.947 bits per heavy atom. The minimum absolute atomic E-state index is 0.234. The number of aliphatic hydroxyl groups is 4. The smallest absolute Gasteiger partial charge is 0.330 e. The first-order valence-electron chi connectivity index (χ1n) is 12.0. The molecule has 0 aromatic heterocycles. The van der Waals surface area contributed by atoms with E-state index in [1.807, 2.05) is 0 Å². The fraction of sp³-hybridized carbons (Fsp3) is 0.640. The van der Waals surface area contributed by atoms with E-state index in [1.54, 1.807) is 20.8 Å². The maximum Gasteiger partial charge on any atom is 0.330 e. The highest BCUT2D eigenvalue weighted by Crippen LogP contribution is 2.09. The number of rotatable bonds is 21. The molecular weight excluding hydrogens is 508 g/mol. The molecule has 0 aliphatic heterocycles. The van der Waals surface area contributed by atoms with Gasteiger partial charge in [-0.1, -0.05) is 18.2 Å². The van der Waals surface area contributed by atoms with E-state index in [4.69, 9.17) is 28.4 Å². The van der Waals surface area contributed by atoms with Crippen molar-refractivity contribution in [1.29, 1.82) is 0 Å². The van der Waals surface area contributed by atoms with Gasteiger partial charge >= 0.3 is 17.9 Å². The van der Waals surface area contributed by atoms with Crippen LogP contribution < -0.4 is 0 Å². The summed E-state index contributed by atoms with van der Waals surface area (Å²) >= 11 is 0. The lowest BCUT2D eigenvalue weighted by Crippen LogP contribution is -2.42. The molecule has 0 aromatic rings. The molecule has 0 saturated carbocycles. The average molecular weight is 549 g/mol. The zero-order chi connectivity index (χ0) is 28.8. The number of esters is 3. The molecule has 13 nitrogen and oxygen atoms in total. The molecule has 13 heteroatoms. The van der Waals surface area contributed by atoms with Crippen LogP contribution in [0.15, 0.2) is 36.5 Å². The topological polar surface area (TPSA) is 188 Å². The number of carbonyl (C=O) groups excluding carboxylic acids is 3. The molecule has 0 saturated heterocycles. The monoisotopic (exact) mass is 548 g/mol. The standard InChI is InChI=1S/C25H40O13/c1-4-7-23(30)36-14-18(27)11-33-17-22(35-13-20(29)16-38-25(32)9-6-3)21(10-26)34-12-19(28)15-37-24(31)8-5-2/h4-9,18-22,26-29H,10-17H2,1-3H3/t18?,19?,20?,21-,22+/m0/s1. The molecule has 0 rings (SSSR count). The number of ether oxygens (including phenoxy) is 6.